The maximum atomic E-state index is 11.4. The number of halogens is 1. The van der Waals surface area contributed by atoms with Crippen LogP contribution in [0.25, 0.3) is 0 Å². The van der Waals surface area contributed by atoms with E-state index in [-0.39, 0.29) is 5.91 Å². The smallest absolute Gasteiger partial charge is 0.236 e. The minimum atomic E-state index is 0.0685. The van der Waals surface area contributed by atoms with Gasteiger partial charge in [0.1, 0.15) is 0 Å². The minimum Gasteiger partial charge on any atom is -0.348 e. The van der Waals surface area contributed by atoms with Gasteiger partial charge in [0, 0.05) is 27.7 Å². The number of amides is 1. The molecule has 96 valence electrons. The Morgan fingerprint density at radius 3 is 2.65 bits per heavy atom. The van der Waals surface area contributed by atoms with Crippen LogP contribution in [0, 0.1) is 0 Å². The molecule has 0 atom stereocenters. The Labute approximate surface area is 110 Å². The summed E-state index contributed by atoms with van der Waals surface area (Å²) in [6, 6.07) is 0. The molecule has 0 aliphatic heterocycles. The second-order valence-corrected chi connectivity index (χ2v) is 4.87. The highest BCUT2D eigenvalue weighted by atomic mass is 79.9. The number of hydrogen-bond donors (Lipinski definition) is 1. The van der Waals surface area contributed by atoms with E-state index in [2.05, 4.69) is 33.3 Å². The molecule has 17 heavy (non-hydrogen) atoms. The predicted octanol–water partition coefficient (Wildman–Crippen LogP) is 0.923. The third-order valence-electron chi connectivity index (χ3n) is 2.57. The van der Waals surface area contributed by atoms with E-state index in [4.69, 9.17) is 0 Å². The summed E-state index contributed by atoms with van der Waals surface area (Å²) in [5, 5.41) is 7.52. The molecule has 0 aliphatic carbocycles. The summed E-state index contributed by atoms with van der Waals surface area (Å²) in [6.07, 6.45) is 0.894. The number of likely N-dealkylation sites (N-methyl/N-ethyl adjacent to an activating group) is 1. The van der Waals surface area contributed by atoms with Crippen molar-refractivity contribution in [2.45, 2.75) is 19.9 Å². The van der Waals surface area contributed by atoms with Gasteiger partial charge < -0.3 is 10.2 Å². The summed E-state index contributed by atoms with van der Waals surface area (Å²) < 4.78 is 2.88. The first-order valence-electron chi connectivity index (χ1n) is 5.58. The Balaban J connectivity index is 2.58. The van der Waals surface area contributed by atoms with Gasteiger partial charge in [-0.15, -0.1) is 0 Å². The molecule has 0 saturated heterocycles. The Morgan fingerprint density at radius 2 is 2.18 bits per heavy atom. The monoisotopic (exact) mass is 302 g/mol. The molecule has 1 N–H and O–H groups in total. The molecule has 6 heteroatoms. The van der Waals surface area contributed by atoms with Crippen molar-refractivity contribution in [2.24, 2.45) is 7.05 Å². The Hall–Kier alpha value is -0.880. The molecule has 5 nitrogen and oxygen atoms in total. The van der Waals surface area contributed by atoms with Crippen molar-refractivity contribution in [3.05, 3.63) is 15.9 Å². The van der Waals surface area contributed by atoms with E-state index in [1.807, 2.05) is 11.7 Å². The third kappa shape index (κ3) is 3.54. The zero-order chi connectivity index (χ0) is 13.0. The lowest BCUT2D eigenvalue weighted by Gasteiger charge is -2.11. The van der Waals surface area contributed by atoms with Gasteiger partial charge >= 0.3 is 0 Å². The average Bonchev–Trinajstić information content (AvgIpc) is 2.55. The fourth-order valence-corrected chi connectivity index (χ4v) is 2.21. The number of nitrogens with zero attached hydrogens (tertiary/aromatic N) is 3. The number of aromatic nitrogens is 2. The van der Waals surface area contributed by atoms with Crippen molar-refractivity contribution in [1.29, 1.82) is 0 Å². The van der Waals surface area contributed by atoms with Gasteiger partial charge in [0.25, 0.3) is 0 Å². The number of carbonyl (C=O) groups is 1. The summed E-state index contributed by atoms with van der Waals surface area (Å²) >= 11 is 3.54. The molecule has 0 radical (unpaired) electrons. The Kier molecular flexibility index (Phi) is 5.14. The first kappa shape index (κ1) is 14.2. The van der Waals surface area contributed by atoms with Gasteiger partial charge in [0.2, 0.25) is 5.91 Å². The van der Waals surface area contributed by atoms with Crippen LogP contribution in [0.1, 0.15) is 18.3 Å². The number of nitrogens with one attached hydrogen (secondary N) is 1. The lowest BCUT2D eigenvalue weighted by Crippen LogP contribution is -2.33. The second kappa shape index (κ2) is 6.16. The molecule has 1 aromatic heterocycles. The Morgan fingerprint density at radius 1 is 1.53 bits per heavy atom. The number of rotatable bonds is 5. The summed E-state index contributed by atoms with van der Waals surface area (Å²) in [5.74, 6) is 0.0685. The summed E-state index contributed by atoms with van der Waals surface area (Å²) in [5.41, 5.74) is 2.11. The molecule has 0 aliphatic rings. The normalized spacial score (nSPS) is 10.6. The molecule has 1 rings (SSSR count). The molecule has 0 fully saturated rings. The van der Waals surface area contributed by atoms with E-state index in [9.17, 15) is 4.79 Å². The minimum absolute atomic E-state index is 0.0685. The van der Waals surface area contributed by atoms with Crippen molar-refractivity contribution in [1.82, 2.24) is 20.0 Å². The summed E-state index contributed by atoms with van der Waals surface area (Å²) in [6.45, 7) is 3.04. The highest BCUT2D eigenvalue weighted by Crippen LogP contribution is 2.21. The van der Waals surface area contributed by atoms with Gasteiger partial charge in [-0.2, -0.15) is 5.10 Å². The predicted molar refractivity (Wildman–Crippen MR) is 70.7 cm³/mol. The molecular formula is C11H19BrN4O. The lowest BCUT2D eigenvalue weighted by molar-refractivity contribution is -0.127. The lowest BCUT2D eigenvalue weighted by atomic mass is 10.3. The van der Waals surface area contributed by atoms with E-state index in [0.717, 1.165) is 22.3 Å². The third-order valence-corrected chi connectivity index (χ3v) is 3.49. The first-order valence-corrected chi connectivity index (χ1v) is 6.37. The zero-order valence-electron chi connectivity index (χ0n) is 10.7. The number of hydrogen-bond acceptors (Lipinski definition) is 3. The quantitative estimate of drug-likeness (QED) is 0.880. The highest BCUT2D eigenvalue weighted by Gasteiger charge is 2.12. The average molecular weight is 303 g/mol. The Bertz CT molecular complexity index is 400. The maximum Gasteiger partial charge on any atom is 0.236 e. The van der Waals surface area contributed by atoms with Crippen LogP contribution >= 0.6 is 15.9 Å². The molecule has 0 spiro atoms. The second-order valence-electron chi connectivity index (χ2n) is 4.08. The molecule has 0 saturated carbocycles. The zero-order valence-corrected chi connectivity index (χ0v) is 12.3. The van der Waals surface area contributed by atoms with Gasteiger partial charge in [-0.3, -0.25) is 9.48 Å². The standard InChI is InChI=1S/C11H19BrN4O/c1-5-8-11(12)9(16(4)14-8)6-13-7-10(17)15(2)3/h13H,5-7H2,1-4H3. The van der Waals surface area contributed by atoms with E-state index in [1.165, 1.54) is 0 Å². The molecule has 1 aromatic rings. The molecule has 0 unspecified atom stereocenters. The van der Waals surface area contributed by atoms with Crippen molar-refractivity contribution < 1.29 is 4.79 Å². The van der Waals surface area contributed by atoms with Crippen LogP contribution in [0.4, 0.5) is 0 Å². The van der Waals surface area contributed by atoms with Gasteiger partial charge in [-0.05, 0) is 22.4 Å². The first-order chi connectivity index (χ1) is 7.97. The fraction of sp³-hybridized carbons (Fsp3) is 0.636. The summed E-state index contributed by atoms with van der Waals surface area (Å²) in [4.78, 5) is 13.0. The molecule has 0 bridgehead atoms. The van der Waals surface area contributed by atoms with Gasteiger partial charge in [-0.1, -0.05) is 6.92 Å². The van der Waals surface area contributed by atoms with Crippen molar-refractivity contribution in [2.75, 3.05) is 20.6 Å². The van der Waals surface area contributed by atoms with Crippen LogP contribution in [-0.4, -0.2) is 41.2 Å². The topological polar surface area (TPSA) is 50.2 Å². The van der Waals surface area contributed by atoms with Gasteiger partial charge in [0.15, 0.2) is 0 Å². The van der Waals surface area contributed by atoms with Crippen LogP contribution in [0.3, 0.4) is 0 Å². The van der Waals surface area contributed by atoms with Crippen molar-refractivity contribution in [3.8, 4) is 0 Å². The molecule has 1 amide bonds. The summed E-state index contributed by atoms with van der Waals surface area (Å²) in [7, 11) is 5.41. The van der Waals surface area contributed by atoms with Crippen molar-refractivity contribution >= 4 is 21.8 Å². The van der Waals surface area contributed by atoms with Crippen LogP contribution in [0.2, 0.25) is 0 Å². The van der Waals surface area contributed by atoms with Crippen LogP contribution in [0.15, 0.2) is 4.47 Å². The van der Waals surface area contributed by atoms with Crippen LogP contribution in [-0.2, 0) is 24.8 Å². The van der Waals surface area contributed by atoms with Gasteiger partial charge in [-0.25, -0.2) is 0 Å². The molecular weight excluding hydrogens is 284 g/mol. The van der Waals surface area contributed by atoms with Crippen LogP contribution in [0.5, 0.6) is 0 Å². The fourth-order valence-electron chi connectivity index (χ4n) is 1.46. The maximum absolute atomic E-state index is 11.4. The van der Waals surface area contributed by atoms with E-state index < -0.39 is 0 Å². The van der Waals surface area contributed by atoms with E-state index >= 15 is 0 Å². The number of carbonyl (C=O) groups excluding carboxylic acids is 1. The van der Waals surface area contributed by atoms with E-state index in [1.54, 1.807) is 19.0 Å². The largest absolute Gasteiger partial charge is 0.348 e. The van der Waals surface area contributed by atoms with Crippen molar-refractivity contribution in [3.63, 3.8) is 0 Å². The van der Waals surface area contributed by atoms with Gasteiger partial charge in [0.05, 0.1) is 22.4 Å². The van der Waals surface area contributed by atoms with E-state index in [0.29, 0.717) is 13.1 Å². The highest BCUT2D eigenvalue weighted by molar-refractivity contribution is 9.10. The molecule has 0 aromatic carbocycles. The number of aryl methyl sites for hydroxylation is 2. The molecule has 1 heterocycles. The van der Waals surface area contributed by atoms with Crippen LogP contribution < -0.4 is 5.32 Å². The SMILES string of the molecule is CCc1nn(C)c(CNCC(=O)N(C)C)c1Br.